The van der Waals surface area contributed by atoms with Crippen LogP contribution in [0.25, 0.3) is 0 Å². The predicted molar refractivity (Wildman–Crippen MR) is 122 cm³/mol. The lowest BCUT2D eigenvalue weighted by Gasteiger charge is -2.11. The molecule has 2 rings (SSSR count). The van der Waals surface area contributed by atoms with E-state index >= 15 is 0 Å². The van der Waals surface area contributed by atoms with Crippen LogP contribution in [-0.4, -0.2) is 24.2 Å². The van der Waals surface area contributed by atoms with Gasteiger partial charge in [0, 0.05) is 17.1 Å². The largest absolute Gasteiger partial charge is 0.494 e. The van der Waals surface area contributed by atoms with Crippen molar-refractivity contribution in [3.8, 4) is 11.5 Å². The fraction of sp³-hybridized carbons (Fsp3) is 0.364. The molecule has 0 bridgehead atoms. The Labute approximate surface area is 182 Å². The summed E-state index contributed by atoms with van der Waals surface area (Å²) in [7, 11) is 0. The zero-order valence-corrected chi connectivity index (χ0v) is 18.2. The van der Waals surface area contributed by atoms with Gasteiger partial charge in [-0.15, -0.1) is 0 Å². The Balaban J connectivity index is 1.62. The summed E-state index contributed by atoms with van der Waals surface area (Å²) >= 11 is 11.0. The SMILES string of the molecule is CCCCCOc1ccc(NC(=S)NC(=O)CCCOc2ccc(Cl)cc2)cc1. The summed E-state index contributed by atoms with van der Waals surface area (Å²) in [6, 6.07) is 14.6. The van der Waals surface area contributed by atoms with Gasteiger partial charge in [0.25, 0.3) is 0 Å². The Bertz CT molecular complexity index is 767. The lowest BCUT2D eigenvalue weighted by molar-refractivity contribution is -0.119. The molecule has 0 radical (unpaired) electrons. The van der Waals surface area contributed by atoms with E-state index in [1.807, 2.05) is 24.3 Å². The normalized spacial score (nSPS) is 10.3. The third-order valence-electron chi connectivity index (χ3n) is 4.01. The van der Waals surface area contributed by atoms with Gasteiger partial charge >= 0.3 is 0 Å². The molecule has 2 N–H and O–H groups in total. The fourth-order valence-electron chi connectivity index (χ4n) is 2.48. The van der Waals surface area contributed by atoms with E-state index in [1.54, 1.807) is 24.3 Å². The van der Waals surface area contributed by atoms with E-state index in [-0.39, 0.29) is 11.0 Å². The van der Waals surface area contributed by atoms with Gasteiger partial charge in [0.05, 0.1) is 13.2 Å². The van der Waals surface area contributed by atoms with Crippen LogP contribution in [0.4, 0.5) is 5.69 Å². The molecule has 1 amide bonds. The number of carbonyl (C=O) groups excluding carboxylic acids is 1. The number of nitrogens with one attached hydrogen (secondary N) is 2. The number of hydrogen-bond donors (Lipinski definition) is 2. The molecule has 0 aliphatic heterocycles. The molecule has 0 spiro atoms. The first-order valence-corrected chi connectivity index (χ1v) is 10.6. The van der Waals surface area contributed by atoms with Crippen LogP contribution in [0.5, 0.6) is 11.5 Å². The number of rotatable bonds is 11. The lowest BCUT2D eigenvalue weighted by atomic mass is 10.2. The van der Waals surface area contributed by atoms with Crippen molar-refractivity contribution in [1.82, 2.24) is 5.32 Å². The van der Waals surface area contributed by atoms with Crippen molar-refractivity contribution in [2.75, 3.05) is 18.5 Å². The van der Waals surface area contributed by atoms with Crippen molar-refractivity contribution in [3.63, 3.8) is 0 Å². The van der Waals surface area contributed by atoms with Crippen LogP contribution in [0, 0.1) is 0 Å². The van der Waals surface area contributed by atoms with Gasteiger partial charge in [-0.05, 0) is 73.6 Å². The number of anilines is 1. The van der Waals surface area contributed by atoms with Crippen LogP contribution in [0.1, 0.15) is 39.0 Å². The van der Waals surface area contributed by atoms with Crippen molar-refractivity contribution >= 4 is 40.5 Å². The number of halogens is 1. The van der Waals surface area contributed by atoms with E-state index in [9.17, 15) is 4.79 Å². The molecular formula is C22H27ClN2O3S. The number of amides is 1. The van der Waals surface area contributed by atoms with Crippen LogP contribution in [0.2, 0.25) is 5.02 Å². The molecule has 0 aromatic heterocycles. The third kappa shape index (κ3) is 9.63. The smallest absolute Gasteiger partial charge is 0.226 e. The maximum Gasteiger partial charge on any atom is 0.226 e. The molecule has 0 aliphatic rings. The van der Waals surface area contributed by atoms with E-state index in [0.29, 0.717) is 24.5 Å². The summed E-state index contributed by atoms with van der Waals surface area (Å²) in [6.07, 6.45) is 4.30. The molecule has 29 heavy (non-hydrogen) atoms. The van der Waals surface area contributed by atoms with Crippen LogP contribution in [0.3, 0.4) is 0 Å². The highest BCUT2D eigenvalue weighted by atomic mass is 35.5. The number of unbranched alkanes of at least 4 members (excludes halogenated alkanes) is 2. The van der Waals surface area contributed by atoms with Crippen LogP contribution < -0.4 is 20.1 Å². The van der Waals surface area contributed by atoms with E-state index in [0.717, 1.165) is 30.2 Å². The van der Waals surface area contributed by atoms with E-state index < -0.39 is 0 Å². The Morgan fingerprint density at radius 2 is 1.52 bits per heavy atom. The van der Waals surface area contributed by atoms with Gasteiger partial charge in [0.15, 0.2) is 5.11 Å². The molecule has 0 heterocycles. The Hall–Kier alpha value is -2.31. The van der Waals surface area contributed by atoms with Crippen molar-refractivity contribution in [2.24, 2.45) is 0 Å². The van der Waals surface area contributed by atoms with Crippen LogP contribution in [-0.2, 0) is 4.79 Å². The summed E-state index contributed by atoms with van der Waals surface area (Å²) in [5.41, 5.74) is 0.794. The van der Waals surface area contributed by atoms with Gasteiger partial charge in [-0.2, -0.15) is 0 Å². The van der Waals surface area contributed by atoms with E-state index in [2.05, 4.69) is 17.6 Å². The second-order valence-corrected chi connectivity index (χ2v) is 7.33. The maximum atomic E-state index is 12.0. The van der Waals surface area contributed by atoms with Gasteiger partial charge in [-0.25, -0.2) is 0 Å². The molecule has 7 heteroatoms. The second-order valence-electron chi connectivity index (χ2n) is 6.49. The van der Waals surface area contributed by atoms with Gasteiger partial charge < -0.3 is 20.1 Å². The van der Waals surface area contributed by atoms with Gasteiger partial charge in [-0.3, -0.25) is 4.79 Å². The van der Waals surface area contributed by atoms with Crippen molar-refractivity contribution < 1.29 is 14.3 Å². The number of hydrogen-bond acceptors (Lipinski definition) is 4. The van der Waals surface area contributed by atoms with E-state index in [4.69, 9.17) is 33.3 Å². The summed E-state index contributed by atoms with van der Waals surface area (Å²) in [5, 5.41) is 6.60. The minimum Gasteiger partial charge on any atom is -0.494 e. The summed E-state index contributed by atoms with van der Waals surface area (Å²) in [4.78, 5) is 12.0. The molecule has 156 valence electrons. The molecule has 0 saturated carbocycles. The van der Waals surface area contributed by atoms with Crippen molar-refractivity contribution in [1.29, 1.82) is 0 Å². The monoisotopic (exact) mass is 434 g/mol. The standard InChI is InChI=1S/C22H27ClN2O3S/c1-2-3-4-15-27-20-13-9-18(10-14-20)24-22(29)25-21(26)6-5-16-28-19-11-7-17(23)8-12-19/h7-14H,2-6,15-16H2,1H3,(H2,24,25,26,29). The highest BCUT2D eigenvalue weighted by Crippen LogP contribution is 2.17. The van der Waals surface area contributed by atoms with Crippen molar-refractivity contribution in [2.45, 2.75) is 39.0 Å². The lowest BCUT2D eigenvalue weighted by Crippen LogP contribution is -2.34. The minimum absolute atomic E-state index is 0.155. The average molecular weight is 435 g/mol. The van der Waals surface area contributed by atoms with Crippen molar-refractivity contribution in [3.05, 3.63) is 53.6 Å². The summed E-state index contributed by atoms with van der Waals surface area (Å²) in [5.74, 6) is 1.39. The maximum absolute atomic E-state index is 12.0. The fourth-order valence-corrected chi connectivity index (χ4v) is 2.84. The van der Waals surface area contributed by atoms with Crippen LogP contribution >= 0.6 is 23.8 Å². The second kappa shape index (κ2) is 13.0. The minimum atomic E-state index is -0.155. The van der Waals surface area contributed by atoms with Gasteiger partial charge in [0.1, 0.15) is 11.5 Å². The molecule has 0 atom stereocenters. The molecule has 5 nitrogen and oxygen atoms in total. The Kier molecular flexibility index (Phi) is 10.3. The highest BCUT2D eigenvalue weighted by Gasteiger charge is 2.06. The number of ether oxygens (including phenoxy) is 2. The third-order valence-corrected chi connectivity index (χ3v) is 4.47. The first kappa shape index (κ1) is 23.0. The Morgan fingerprint density at radius 1 is 0.931 bits per heavy atom. The number of thiocarbonyl (C=S) groups is 1. The molecule has 0 saturated heterocycles. The molecule has 2 aromatic rings. The van der Waals surface area contributed by atoms with Gasteiger partial charge in [0.2, 0.25) is 5.91 Å². The quantitative estimate of drug-likeness (QED) is 0.357. The molecule has 2 aromatic carbocycles. The van der Waals surface area contributed by atoms with E-state index in [1.165, 1.54) is 12.8 Å². The van der Waals surface area contributed by atoms with Crippen LogP contribution in [0.15, 0.2) is 48.5 Å². The zero-order chi connectivity index (χ0) is 20.9. The summed E-state index contributed by atoms with van der Waals surface area (Å²) < 4.78 is 11.2. The molecule has 0 aliphatic carbocycles. The highest BCUT2D eigenvalue weighted by molar-refractivity contribution is 7.80. The topological polar surface area (TPSA) is 59.6 Å². The molecular weight excluding hydrogens is 408 g/mol. The first-order chi connectivity index (χ1) is 14.1. The number of benzene rings is 2. The zero-order valence-electron chi connectivity index (χ0n) is 16.6. The van der Waals surface area contributed by atoms with Gasteiger partial charge in [-0.1, -0.05) is 31.4 Å². The average Bonchev–Trinajstić information content (AvgIpc) is 2.71. The number of carbonyl (C=O) groups is 1. The first-order valence-electron chi connectivity index (χ1n) is 9.79. The summed E-state index contributed by atoms with van der Waals surface area (Å²) in [6.45, 7) is 3.32. The molecule has 0 fully saturated rings. The Morgan fingerprint density at radius 3 is 2.14 bits per heavy atom. The molecule has 0 unspecified atom stereocenters. The predicted octanol–water partition coefficient (Wildman–Crippen LogP) is 5.58.